The van der Waals surface area contributed by atoms with Gasteiger partial charge in [0.15, 0.2) is 0 Å². The molecular weight excluding hydrogens is 244 g/mol. The van der Waals surface area contributed by atoms with Crippen LogP contribution in [0.15, 0.2) is 24.3 Å². The van der Waals surface area contributed by atoms with E-state index < -0.39 is 12.0 Å². The number of carboxylic acid groups (broad SMARTS) is 1. The van der Waals surface area contributed by atoms with Gasteiger partial charge in [-0.25, -0.2) is 4.79 Å². The SMILES string of the molecule is CC(C)[C@H](NC(=O)C1CNc2ccccc21)C(=O)O. The summed E-state index contributed by atoms with van der Waals surface area (Å²) in [5.41, 5.74) is 1.87. The molecule has 0 bridgehead atoms. The molecule has 0 fully saturated rings. The van der Waals surface area contributed by atoms with Crippen LogP contribution >= 0.6 is 0 Å². The van der Waals surface area contributed by atoms with Crippen LogP contribution in [-0.2, 0) is 9.59 Å². The highest BCUT2D eigenvalue weighted by molar-refractivity contribution is 5.91. The standard InChI is InChI=1S/C14H18N2O3/c1-8(2)12(14(18)19)16-13(17)10-7-15-11-6-4-3-5-9(10)11/h3-6,8,10,12,15H,7H2,1-2H3,(H,16,17)(H,18,19)/t10?,12-/m0/s1. The molecule has 1 aliphatic rings. The smallest absolute Gasteiger partial charge is 0.326 e. The molecule has 1 unspecified atom stereocenters. The monoisotopic (exact) mass is 262 g/mol. The maximum absolute atomic E-state index is 12.2. The van der Waals surface area contributed by atoms with E-state index >= 15 is 0 Å². The summed E-state index contributed by atoms with van der Waals surface area (Å²) in [6, 6.07) is 6.74. The molecule has 0 saturated carbocycles. The summed E-state index contributed by atoms with van der Waals surface area (Å²) < 4.78 is 0. The molecule has 1 aromatic carbocycles. The summed E-state index contributed by atoms with van der Waals surface area (Å²) in [4.78, 5) is 23.3. The summed E-state index contributed by atoms with van der Waals surface area (Å²) in [6.07, 6.45) is 0. The summed E-state index contributed by atoms with van der Waals surface area (Å²) >= 11 is 0. The molecule has 0 saturated heterocycles. The molecule has 1 heterocycles. The molecule has 0 spiro atoms. The fourth-order valence-corrected chi connectivity index (χ4v) is 2.29. The molecule has 1 aliphatic heterocycles. The zero-order chi connectivity index (χ0) is 14.0. The number of carbonyl (C=O) groups excluding carboxylic acids is 1. The lowest BCUT2D eigenvalue weighted by atomic mass is 9.98. The topological polar surface area (TPSA) is 78.4 Å². The van der Waals surface area contributed by atoms with Crippen molar-refractivity contribution < 1.29 is 14.7 Å². The van der Waals surface area contributed by atoms with Gasteiger partial charge in [0.2, 0.25) is 5.91 Å². The van der Waals surface area contributed by atoms with E-state index in [1.165, 1.54) is 0 Å². The van der Waals surface area contributed by atoms with Crippen LogP contribution in [0.5, 0.6) is 0 Å². The van der Waals surface area contributed by atoms with E-state index in [9.17, 15) is 9.59 Å². The number of amides is 1. The van der Waals surface area contributed by atoms with E-state index in [4.69, 9.17) is 5.11 Å². The van der Waals surface area contributed by atoms with Crippen molar-refractivity contribution in [3.8, 4) is 0 Å². The highest BCUT2D eigenvalue weighted by atomic mass is 16.4. The largest absolute Gasteiger partial charge is 0.480 e. The Bertz CT molecular complexity index is 499. The number of hydrogen-bond donors (Lipinski definition) is 3. The first-order valence-electron chi connectivity index (χ1n) is 6.36. The fourth-order valence-electron chi connectivity index (χ4n) is 2.29. The third-order valence-corrected chi connectivity index (χ3v) is 3.38. The van der Waals surface area contributed by atoms with Gasteiger partial charge in [0.05, 0.1) is 5.92 Å². The molecule has 5 heteroatoms. The number of anilines is 1. The minimum absolute atomic E-state index is 0.147. The Morgan fingerprint density at radius 3 is 2.68 bits per heavy atom. The summed E-state index contributed by atoms with van der Waals surface area (Å²) in [5.74, 6) is -1.70. The second kappa shape index (κ2) is 5.30. The van der Waals surface area contributed by atoms with Crippen molar-refractivity contribution in [3.63, 3.8) is 0 Å². The van der Waals surface area contributed by atoms with Crippen LogP contribution in [-0.4, -0.2) is 29.6 Å². The van der Waals surface area contributed by atoms with Gasteiger partial charge in [-0.2, -0.15) is 0 Å². The fraction of sp³-hybridized carbons (Fsp3) is 0.429. The number of carboxylic acids is 1. The molecule has 5 nitrogen and oxygen atoms in total. The first kappa shape index (κ1) is 13.4. The van der Waals surface area contributed by atoms with E-state index in [1.807, 2.05) is 24.3 Å². The number of rotatable bonds is 4. The van der Waals surface area contributed by atoms with Crippen LogP contribution < -0.4 is 10.6 Å². The number of benzene rings is 1. The number of nitrogens with one attached hydrogen (secondary N) is 2. The Morgan fingerprint density at radius 1 is 1.37 bits per heavy atom. The minimum Gasteiger partial charge on any atom is -0.480 e. The molecule has 102 valence electrons. The summed E-state index contributed by atoms with van der Waals surface area (Å²) in [6.45, 7) is 4.06. The van der Waals surface area contributed by atoms with Crippen LogP contribution in [0.3, 0.4) is 0 Å². The summed E-state index contributed by atoms with van der Waals surface area (Å²) in [7, 11) is 0. The van der Waals surface area contributed by atoms with Crippen LogP contribution in [0.1, 0.15) is 25.3 Å². The van der Waals surface area contributed by atoms with Gasteiger partial charge in [0.1, 0.15) is 6.04 Å². The van der Waals surface area contributed by atoms with E-state index in [0.717, 1.165) is 11.3 Å². The molecule has 3 N–H and O–H groups in total. The molecule has 1 aromatic rings. The zero-order valence-electron chi connectivity index (χ0n) is 11.0. The predicted molar refractivity (Wildman–Crippen MR) is 72.1 cm³/mol. The Morgan fingerprint density at radius 2 is 2.05 bits per heavy atom. The second-order valence-corrected chi connectivity index (χ2v) is 5.09. The van der Waals surface area contributed by atoms with E-state index in [1.54, 1.807) is 13.8 Å². The number of hydrogen-bond acceptors (Lipinski definition) is 3. The van der Waals surface area contributed by atoms with Crippen LogP contribution in [0, 0.1) is 5.92 Å². The van der Waals surface area contributed by atoms with Crippen molar-refractivity contribution in [2.45, 2.75) is 25.8 Å². The third kappa shape index (κ3) is 2.70. The first-order valence-corrected chi connectivity index (χ1v) is 6.36. The molecule has 0 aliphatic carbocycles. The van der Waals surface area contributed by atoms with E-state index in [2.05, 4.69) is 10.6 Å². The molecule has 2 rings (SSSR count). The lowest BCUT2D eigenvalue weighted by Crippen LogP contribution is -2.46. The normalized spacial score (nSPS) is 18.6. The van der Waals surface area contributed by atoms with Crippen LogP contribution in [0.25, 0.3) is 0 Å². The maximum Gasteiger partial charge on any atom is 0.326 e. The third-order valence-electron chi connectivity index (χ3n) is 3.38. The number of para-hydroxylation sites is 1. The van der Waals surface area contributed by atoms with Gasteiger partial charge in [-0.3, -0.25) is 4.79 Å². The minimum atomic E-state index is -0.998. The van der Waals surface area contributed by atoms with Gasteiger partial charge in [0.25, 0.3) is 0 Å². The van der Waals surface area contributed by atoms with Gasteiger partial charge < -0.3 is 15.7 Å². The lowest BCUT2D eigenvalue weighted by Gasteiger charge is -2.20. The van der Waals surface area contributed by atoms with Gasteiger partial charge in [-0.1, -0.05) is 32.0 Å². The highest BCUT2D eigenvalue weighted by Crippen LogP contribution is 2.31. The van der Waals surface area contributed by atoms with Crippen molar-refractivity contribution in [3.05, 3.63) is 29.8 Å². The lowest BCUT2D eigenvalue weighted by molar-refractivity contribution is -0.143. The van der Waals surface area contributed by atoms with Crippen molar-refractivity contribution in [1.82, 2.24) is 5.32 Å². The molecular formula is C14H18N2O3. The Balaban J connectivity index is 2.12. The van der Waals surface area contributed by atoms with Crippen LogP contribution in [0.4, 0.5) is 5.69 Å². The zero-order valence-corrected chi connectivity index (χ0v) is 11.0. The number of aliphatic carboxylic acids is 1. The maximum atomic E-state index is 12.2. The summed E-state index contributed by atoms with van der Waals surface area (Å²) in [5, 5.41) is 14.9. The number of carbonyl (C=O) groups is 2. The van der Waals surface area contributed by atoms with Gasteiger partial charge in [-0.15, -0.1) is 0 Å². The molecule has 19 heavy (non-hydrogen) atoms. The van der Waals surface area contributed by atoms with E-state index in [0.29, 0.717) is 6.54 Å². The quantitative estimate of drug-likeness (QED) is 0.767. The van der Waals surface area contributed by atoms with Crippen molar-refractivity contribution in [2.24, 2.45) is 5.92 Å². The second-order valence-electron chi connectivity index (χ2n) is 5.09. The number of fused-ring (bicyclic) bond motifs is 1. The molecule has 0 aromatic heterocycles. The van der Waals surface area contributed by atoms with Crippen molar-refractivity contribution in [2.75, 3.05) is 11.9 Å². The molecule has 2 atom stereocenters. The Labute approximate surface area is 112 Å². The predicted octanol–water partition coefficient (Wildman–Crippen LogP) is 1.42. The average molecular weight is 262 g/mol. The van der Waals surface area contributed by atoms with Gasteiger partial charge in [0, 0.05) is 12.2 Å². The highest BCUT2D eigenvalue weighted by Gasteiger charge is 2.32. The Kier molecular flexibility index (Phi) is 3.74. The molecule has 0 radical (unpaired) electrons. The molecule has 1 amide bonds. The average Bonchev–Trinajstić information content (AvgIpc) is 2.78. The van der Waals surface area contributed by atoms with Crippen molar-refractivity contribution >= 4 is 17.6 Å². The van der Waals surface area contributed by atoms with Gasteiger partial charge in [-0.05, 0) is 17.5 Å². The van der Waals surface area contributed by atoms with Crippen molar-refractivity contribution in [1.29, 1.82) is 0 Å². The van der Waals surface area contributed by atoms with Crippen LogP contribution in [0.2, 0.25) is 0 Å². The first-order chi connectivity index (χ1) is 9.00. The Hall–Kier alpha value is -2.04. The van der Waals surface area contributed by atoms with E-state index in [-0.39, 0.29) is 17.7 Å². The van der Waals surface area contributed by atoms with Gasteiger partial charge >= 0.3 is 5.97 Å².